The van der Waals surface area contributed by atoms with Gasteiger partial charge in [-0.1, -0.05) is 18.7 Å². The summed E-state index contributed by atoms with van der Waals surface area (Å²) in [7, 11) is 0. The number of morpholine rings is 1. The minimum absolute atomic E-state index is 0.0508. The fraction of sp³-hybridized carbons (Fsp3) is 0.346. The standard InChI is InChI=1S/C26H29N3O5/c1-2-16-34-20-9-7-19(8-10-20)24(30)22-23(21-6-3-4-11-27-21)29(26(32)25(22)31)13-5-12-28-14-17-33-18-15-28/h2-4,6-11,23,30H,1,5,12-18H2/b24-22-. The Morgan fingerprint density at radius 1 is 1.15 bits per heavy atom. The molecule has 1 aromatic carbocycles. The molecule has 1 amide bonds. The predicted molar refractivity (Wildman–Crippen MR) is 127 cm³/mol. The van der Waals surface area contributed by atoms with E-state index in [4.69, 9.17) is 9.47 Å². The van der Waals surface area contributed by atoms with E-state index in [-0.39, 0.29) is 11.3 Å². The molecular formula is C26H29N3O5. The van der Waals surface area contributed by atoms with Crippen LogP contribution in [-0.4, -0.2) is 77.6 Å². The minimum atomic E-state index is -0.748. The van der Waals surface area contributed by atoms with E-state index in [1.54, 1.807) is 48.7 Å². The van der Waals surface area contributed by atoms with E-state index < -0.39 is 17.7 Å². The second kappa shape index (κ2) is 11.1. The fourth-order valence-electron chi connectivity index (χ4n) is 4.26. The van der Waals surface area contributed by atoms with Crippen molar-refractivity contribution in [2.75, 3.05) is 46.0 Å². The lowest BCUT2D eigenvalue weighted by atomic mass is 9.98. The van der Waals surface area contributed by atoms with Crippen LogP contribution in [0.25, 0.3) is 5.76 Å². The van der Waals surface area contributed by atoms with Crippen molar-refractivity contribution in [1.82, 2.24) is 14.8 Å². The van der Waals surface area contributed by atoms with Gasteiger partial charge < -0.3 is 19.5 Å². The lowest BCUT2D eigenvalue weighted by molar-refractivity contribution is -0.140. The Hall–Kier alpha value is -3.49. The average molecular weight is 464 g/mol. The summed E-state index contributed by atoms with van der Waals surface area (Å²) in [6.45, 7) is 8.29. The SMILES string of the molecule is C=CCOc1ccc(/C(O)=C2/C(=O)C(=O)N(CCCN3CCOCC3)C2c2ccccn2)cc1. The summed E-state index contributed by atoms with van der Waals surface area (Å²) in [4.78, 5) is 34.3. The molecular weight excluding hydrogens is 434 g/mol. The molecule has 2 aromatic rings. The lowest BCUT2D eigenvalue weighted by Crippen LogP contribution is -2.39. The Morgan fingerprint density at radius 2 is 1.91 bits per heavy atom. The molecule has 2 aliphatic heterocycles. The summed E-state index contributed by atoms with van der Waals surface area (Å²) in [6, 6.07) is 11.3. The van der Waals surface area contributed by atoms with Gasteiger partial charge in [0.2, 0.25) is 0 Å². The highest BCUT2D eigenvalue weighted by atomic mass is 16.5. The van der Waals surface area contributed by atoms with E-state index in [0.717, 1.165) is 19.6 Å². The molecule has 2 aliphatic rings. The number of amides is 1. The Bertz CT molecular complexity index is 1050. The number of ether oxygens (including phenoxy) is 2. The molecule has 1 N–H and O–H groups in total. The molecule has 4 rings (SSSR count). The number of Topliss-reactive ketones (excluding diaryl/α,β-unsaturated/α-hetero) is 1. The van der Waals surface area contributed by atoms with E-state index in [1.807, 2.05) is 6.07 Å². The number of rotatable bonds is 9. The normalized spacial score (nSPS) is 20.5. The number of aromatic nitrogens is 1. The summed E-state index contributed by atoms with van der Waals surface area (Å²) in [6.07, 6.45) is 3.96. The average Bonchev–Trinajstić information content (AvgIpc) is 3.13. The van der Waals surface area contributed by atoms with Crippen molar-refractivity contribution in [3.05, 3.63) is 78.1 Å². The maximum Gasteiger partial charge on any atom is 0.295 e. The van der Waals surface area contributed by atoms with Gasteiger partial charge in [-0.25, -0.2) is 0 Å². The van der Waals surface area contributed by atoms with Crippen molar-refractivity contribution in [1.29, 1.82) is 0 Å². The summed E-state index contributed by atoms with van der Waals surface area (Å²) < 4.78 is 10.9. The van der Waals surface area contributed by atoms with Crippen LogP contribution >= 0.6 is 0 Å². The number of benzene rings is 1. The zero-order valence-electron chi connectivity index (χ0n) is 19.1. The Labute approximate surface area is 199 Å². The van der Waals surface area contributed by atoms with Crippen LogP contribution in [-0.2, 0) is 14.3 Å². The molecule has 0 radical (unpaired) electrons. The number of pyridine rings is 1. The number of aliphatic hydroxyl groups excluding tert-OH is 1. The Morgan fingerprint density at radius 3 is 2.59 bits per heavy atom. The van der Waals surface area contributed by atoms with Crippen molar-refractivity contribution in [3.8, 4) is 5.75 Å². The smallest absolute Gasteiger partial charge is 0.295 e. The third kappa shape index (κ3) is 5.18. The summed E-state index contributed by atoms with van der Waals surface area (Å²) in [5.41, 5.74) is 1.02. The highest BCUT2D eigenvalue weighted by Gasteiger charge is 2.46. The van der Waals surface area contributed by atoms with Crippen LogP contribution in [0.15, 0.2) is 66.9 Å². The van der Waals surface area contributed by atoms with Crippen molar-refractivity contribution >= 4 is 17.4 Å². The molecule has 0 aliphatic carbocycles. The number of aliphatic hydroxyl groups is 1. The molecule has 0 bridgehead atoms. The van der Waals surface area contributed by atoms with Gasteiger partial charge >= 0.3 is 0 Å². The molecule has 34 heavy (non-hydrogen) atoms. The van der Waals surface area contributed by atoms with E-state index in [0.29, 0.717) is 49.8 Å². The van der Waals surface area contributed by atoms with Gasteiger partial charge in [0.1, 0.15) is 24.2 Å². The van der Waals surface area contributed by atoms with Crippen LogP contribution in [0, 0.1) is 0 Å². The third-order valence-electron chi connectivity index (χ3n) is 5.98. The van der Waals surface area contributed by atoms with E-state index in [1.165, 1.54) is 4.90 Å². The topological polar surface area (TPSA) is 92.2 Å². The number of carbonyl (C=O) groups is 2. The van der Waals surface area contributed by atoms with Crippen molar-refractivity contribution in [3.63, 3.8) is 0 Å². The molecule has 0 spiro atoms. The molecule has 8 heteroatoms. The molecule has 1 unspecified atom stereocenters. The van der Waals surface area contributed by atoms with Gasteiger partial charge in [-0.05, 0) is 42.8 Å². The molecule has 1 atom stereocenters. The summed E-state index contributed by atoms with van der Waals surface area (Å²) in [5, 5.41) is 11.1. The third-order valence-corrected chi connectivity index (χ3v) is 5.98. The second-order valence-corrected chi connectivity index (χ2v) is 8.18. The van der Waals surface area contributed by atoms with Crippen LogP contribution in [0.1, 0.15) is 23.7 Å². The Kier molecular flexibility index (Phi) is 7.72. The van der Waals surface area contributed by atoms with E-state index in [2.05, 4.69) is 16.5 Å². The van der Waals surface area contributed by atoms with Crippen LogP contribution in [0.4, 0.5) is 0 Å². The maximum absolute atomic E-state index is 13.1. The minimum Gasteiger partial charge on any atom is -0.507 e. The summed E-state index contributed by atoms with van der Waals surface area (Å²) >= 11 is 0. The van der Waals surface area contributed by atoms with Gasteiger partial charge in [-0.2, -0.15) is 0 Å². The van der Waals surface area contributed by atoms with Crippen molar-refractivity contribution in [2.24, 2.45) is 0 Å². The molecule has 3 heterocycles. The number of ketones is 1. The zero-order valence-corrected chi connectivity index (χ0v) is 19.1. The molecule has 1 aromatic heterocycles. The first-order valence-electron chi connectivity index (χ1n) is 11.4. The first-order chi connectivity index (χ1) is 16.6. The van der Waals surface area contributed by atoms with Crippen LogP contribution < -0.4 is 4.74 Å². The number of likely N-dealkylation sites (tertiary alicyclic amines) is 1. The van der Waals surface area contributed by atoms with Crippen LogP contribution in [0.5, 0.6) is 5.75 Å². The lowest BCUT2D eigenvalue weighted by Gasteiger charge is -2.28. The zero-order chi connectivity index (χ0) is 23.9. The van der Waals surface area contributed by atoms with Gasteiger partial charge in [0.25, 0.3) is 11.7 Å². The first-order valence-corrected chi connectivity index (χ1v) is 11.4. The number of nitrogens with zero attached hydrogens (tertiary/aromatic N) is 3. The predicted octanol–water partition coefficient (Wildman–Crippen LogP) is 2.79. The van der Waals surface area contributed by atoms with Crippen LogP contribution in [0.2, 0.25) is 0 Å². The van der Waals surface area contributed by atoms with Crippen LogP contribution in [0.3, 0.4) is 0 Å². The van der Waals surface area contributed by atoms with E-state index in [9.17, 15) is 14.7 Å². The quantitative estimate of drug-likeness (QED) is 0.265. The maximum atomic E-state index is 13.1. The van der Waals surface area contributed by atoms with Gasteiger partial charge in [-0.15, -0.1) is 0 Å². The van der Waals surface area contributed by atoms with Gasteiger partial charge in [-0.3, -0.25) is 19.5 Å². The molecule has 178 valence electrons. The molecule has 2 saturated heterocycles. The fourth-order valence-corrected chi connectivity index (χ4v) is 4.26. The van der Waals surface area contributed by atoms with Gasteiger partial charge in [0, 0.05) is 37.9 Å². The molecule has 0 saturated carbocycles. The molecule has 8 nitrogen and oxygen atoms in total. The van der Waals surface area contributed by atoms with Crippen molar-refractivity contribution < 1.29 is 24.2 Å². The van der Waals surface area contributed by atoms with Gasteiger partial charge in [0.05, 0.1) is 24.5 Å². The number of carbonyl (C=O) groups excluding carboxylic acids is 2. The number of hydrogen-bond acceptors (Lipinski definition) is 7. The molecule has 2 fully saturated rings. The van der Waals surface area contributed by atoms with Crippen molar-refractivity contribution in [2.45, 2.75) is 12.5 Å². The highest BCUT2D eigenvalue weighted by molar-refractivity contribution is 6.46. The Balaban J connectivity index is 1.61. The first kappa shape index (κ1) is 23.7. The number of hydrogen-bond donors (Lipinski definition) is 1. The van der Waals surface area contributed by atoms with Gasteiger partial charge in [0.15, 0.2) is 0 Å². The monoisotopic (exact) mass is 463 g/mol. The second-order valence-electron chi connectivity index (χ2n) is 8.18. The highest BCUT2D eigenvalue weighted by Crippen LogP contribution is 2.38. The van der Waals surface area contributed by atoms with E-state index >= 15 is 0 Å². The largest absolute Gasteiger partial charge is 0.507 e. The summed E-state index contributed by atoms with van der Waals surface area (Å²) in [5.74, 6) is -0.933.